The molecule has 1 unspecified atom stereocenters. The molecule has 21 heavy (non-hydrogen) atoms. The Morgan fingerprint density at radius 3 is 2.38 bits per heavy atom. The monoisotopic (exact) mass is 359 g/mol. The number of ether oxygens (including phenoxy) is 1. The normalized spacial score (nSPS) is 13.2. The van der Waals surface area contributed by atoms with E-state index in [2.05, 4.69) is 20.9 Å². The average molecular weight is 360 g/mol. The standard InChI is InChI=1S/C15H13BrF3NO/c1-10(13-3-2-4-14(16)20-13)21-9-11-5-7-12(8-6-11)15(17,18)19/h2-8,10H,9H2,1H3. The van der Waals surface area contributed by atoms with Gasteiger partial charge in [0.2, 0.25) is 0 Å². The first-order chi connectivity index (χ1) is 9.86. The van der Waals surface area contributed by atoms with Crippen molar-refractivity contribution >= 4 is 15.9 Å². The van der Waals surface area contributed by atoms with Gasteiger partial charge in [0, 0.05) is 0 Å². The number of benzene rings is 1. The lowest BCUT2D eigenvalue weighted by atomic mass is 10.1. The molecule has 1 heterocycles. The highest BCUT2D eigenvalue weighted by Gasteiger charge is 2.29. The van der Waals surface area contributed by atoms with Crippen LogP contribution in [0.2, 0.25) is 0 Å². The molecule has 0 amide bonds. The number of pyridine rings is 1. The van der Waals surface area contributed by atoms with Gasteiger partial charge in [-0.3, -0.25) is 0 Å². The fourth-order valence-corrected chi connectivity index (χ4v) is 2.10. The second-order valence-corrected chi connectivity index (χ2v) is 5.35. The number of alkyl halides is 3. The van der Waals surface area contributed by atoms with E-state index in [-0.39, 0.29) is 12.7 Å². The average Bonchev–Trinajstić information content (AvgIpc) is 2.44. The summed E-state index contributed by atoms with van der Waals surface area (Å²) in [5.74, 6) is 0. The zero-order chi connectivity index (χ0) is 15.5. The van der Waals surface area contributed by atoms with Crippen LogP contribution in [-0.2, 0) is 17.5 Å². The van der Waals surface area contributed by atoms with Crippen molar-refractivity contribution < 1.29 is 17.9 Å². The lowest BCUT2D eigenvalue weighted by molar-refractivity contribution is -0.137. The quantitative estimate of drug-likeness (QED) is 0.705. The van der Waals surface area contributed by atoms with Crippen LogP contribution >= 0.6 is 15.9 Å². The fraction of sp³-hybridized carbons (Fsp3) is 0.267. The third-order valence-corrected chi connectivity index (χ3v) is 3.38. The predicted octanol–water partition coefficient (Wildman–Crippen LogP) is 5.14. The molecule has 2 aromatic rings. The smallest absolute Gasteiger partial charge is 0.368 e. The molecule has 0 aliphatic carbocycles. The van der Waals surface area contributed by atoms with E-state index in [4.69, 9.17) is 4.74 Å². The summed E-state index contributed by atoms with van der Waals surface area (Å²) >= 11 is 3.28. The lowest BCUT2D eigenvalue weighted by Gasteiger charge is -2.13. The highest BCUT2D eigenvalue weighted by atomic mass is 79.9. The molecule has 1 aromatic carbocycles. The molecule has 6 heteroatoms. The number of nitrogens with zero attached hydrogens (tertiary/aromatic N) is 1. The molecular formula is C15H13BrF3NO. The van der Waals surface area contributed by atoms with E-state index in [9.17, 15) is 13.2 Å². The molecule has 0 spiro atoms. The Hall–Kier alpha value is -1.40. The van der Waals surface area contributed by atoms with Crippen molar-refractivity contribution in [3.63, 3.8) is 0 Å². The van der Waals surface area contributed by atoms with Crippen molar-refractivity contribution in [1.82, 2.24) is 4.98 Å². The molecule has 0 aliphatic rings. The molecule has 0 saturated heterocycles. The summed E-state index contributed by atoms with van der Waals surface area (Å²) in [6.45, 7) is 2.08. The second kappa shape index (κ2) is 6.58. The van der Waals surface area contributed by atoms with Gasteiger partial charge in [0.25, 0.3) is 0 Å². The number of aromatic nitrogens is 1. The largest absolute Gasteiger partial charge is 0.416 e. The number of hydrogen-bond acceptors (Lipinski definition) is 2. The third-order valence-electron chi connectivity index (χ3n) is 2.93. The molecule has 0 N–H and O–H groups in total. The first-order valence-electron chi connectivity index (χ1n) is 6.26. The number of hydrogen-bond donors (Lipinski definition) is 0. The molecule has 0 radical (unpaired) electrons. The van der Waals surface area contributed by atoms with Crippen LogP contribution in [-0.4, -0.2) is 4.98 Å². The van der Waals surface area contributed by atoms with Gasteiger partial charge in [-0.25, -0.2) is 4.98 Å². The molecule has 2 rings (SSSR count). The maximum atomic E-state index is 12.4. The zero-order valence-electron chi connectivity index (χ0n) is 11.2. The Kier molecular flexibility index (Phi) is 5.00. The molecule has 1 aromatic heterocycles. The van der Waals surface area contributed by atoms with Crippen LogP contribution in [0.15, 0.2) is 47.1 Å². The van der Waals surface area contributed by atoms with Gasteiger partial charge in [0.1, 0.15) is 4.60 Å². The summed E-state index contributed by atoms with van der Waals surface area (Å²) in [7, 11) is 0. The van der Waals surface area contributed by atoms with Crippen molar-refractivity contribution in [3.05, 3.63) is 63.9 Å². The Balaban J connectivity index is 1.97. The van der Waals surface area contributed by atoms with Crippen LogP contribution in [0.3, 0.4) is 0 Å². The minimum atomic E-state index is -4.31. The van der Waals surface area contributed by atoms with Crippen molar-refractivity contribution in [2.75, 3.05) is 0 Å². The van der Waals surface area contributed by atoms with Crippen LogP contribution in [0.25, 0.3) is 0 Å². The van der Waals surface area contributed by atoms with E-state index < -0.39 is 11.7 Å². The minimum absolute atomic E-state index is 0.230. The van der Waals surface area contributed by atoms with Crippen molar-refractivity contribution in [1.29, 1.82) is 0 Å². The minimum Gasteiger partial charge on any atom is -0.368 e. The molecule has 0 bridgehead atoms. The van der Waals surface area contributed by atoms with Gasteiger partial charge in [0.05, 0.1) is 24.0 Å². The maximum Gasteiger partial charge on any atom is 0.416 e. The summed E-state index contributed by atoms with van der Waals surface area (Å²) < 4.78 is 43.7. The van der Waals surface area contributed by atoms with Crippen LogP contribution in [0.5, 0.6) is 0 Å². The molecule has 0 fully saturated rings. The van der Waals surface area contributed by atoms with Crippen LogP contribution in [0.1, 0.15) is 29.8 Å². The third kappa shape index (κ3) is 4.54. The van der Waals surface area contributed by atoms with E-state index in [1.165, 1.54) is 12.1 Å². The summed E-state index contributed by atoms with van der Waals surface area (Å²) in [4.78, 5) is 4.27. The van der Waals surface area contributed by atoms with E-state index in [0.717, 1.165) is 17.8 Å². The SMILES string of the molecule is CC(OCc1ccc(C(F)(F)F)cc1)c1cccc(Br)n1. The van der Waals surface area contributed by atoms with E-state index >= 15 is 0 Å². The summed E-state index contributed by atoms with van der Waals surface area (Å²) in [6.07, 6.45) is -4.56. The van der Waals surface area contributed by atoms with Gasteiger partial charge in [-0.15, -0.1) is 0 Å². The van der Waals surface area contributed by atoms with Crippen LogP contribution in [0.4, 0.5) is 13.2 Å². The lowest BCUT2D eigenvalue weighted by Crippen LogP contribution is -2.06. The van der Waals surface area contributed by atoms with Crippen molar-refractivity contribution in [2.24, 2.45) is 0 Å². The van der Waals surface area contributed by atoms with Gasteiger partial charge in [-0.2, -0.15) is 13.2 Å². The summed E-state index contributed by atoms with van der Waals surface area (Å²) in [6, 6.07) is 10.5. The predicted molar refractivity (Wildman–Crippen MR) is 76.6 cm³/mol. The van der Waals surface area contributed by atoms with Crippen molar-refractivity contribution in [3.8, 4) is 0 Å². The van der Waals surface area contributed by atoms with E-state index in [1.54, 1.807) is 0 Å². The second-order valence-electron chi connectivity index (χ2n) is 4.53. The van der Waals surface area contributed by atoms with Gasteiger partial charge in [-0.05, 0) is 52.7 Å². The van der Waals surface area contributed by atoms with E-state index in [1.807, 2.05) is 25.1 Å². The molecule has 1 atom stereocenters. The summed E-state index contributed by atoms with van der Waals surface area (Å²) in [5.41, 5.74) is 0.786. The number of halogens is 4. The van der Waals surface area contributed by atoms with E-state index in [0.29, 0.717) is 10.2 Å². The first-order valence-corrected chi connectivity index (χ1v) is 7.06. The Morgan fingerprint density at radius 2 is 1.81 bits per heavy atom. The Morgan fingerprint density at radius 1 is 1.14 bits per heavy atom. The fourth-order valence-electron chi connectivity index (χ4n) is 1.75. The highest BCUT2D eigenvalue weighted by molar-refractivity contribution is 9.10. The molecular weight excluding hydrogens is 347 g/mol. The Bertz CT molecular complexity index is 599. The molecule has 0 saturated carbocycles. The van der Waals surface area contributed by atoms with Gasteiger partial charge in [-0.1, -0.05) is 18.2 Å². The van der Waals surface area contributed by atoms with Crippen molar-refractivity contribution in [2.45, 2.75) is 25.8 Å². The molecule has 2 nitrogen and oxygen atoms in total. The van der Waals surface area contributed by atoms with Gasteiger partial charge < -0.3 is 4.74 Å². The maximum absolute atomic E-state index is 12.4. The first kappa shape index (κ1) is 16.0. The number of rotatable bonds is 4. The zero-order valence-corrected chi connectivity index (χ0v) is 12.8. The molecule has 0 aliphatic heterocycles. The highest BCUT2D eigenvalue weighted by Crippen LogP contribution is 2.29. The van der Waals surface area contributed by atoms with Crippen LogP contribution < -0.4 is 0 Å². The van der Waals surface area contributed by atoms with Gasteiger partial charge in [0.15, 0.2) is 0 Å². The van der Waals surface area contributed by atoms with Crippen LogP contribution in [0, 0.1) is 0 Å². The Labute approximate surface area is 129 Å². The summed E-state index contributed by atoms with van der Waals surface area (Å²) in [5, 5.41) is 0. The topological polar surface area (TPSA) is 22.1 Å². The molecule has 112 valence electrons. The van der Waals surface area contributed by atoms with Gasteiger partial charge >= 0.3 is 6.18 Å².